The predicted molar refractivity (Wildman–Crippen MR) is 52.4 cm³/mol. The number of aliphatic hydroxyl groups is 1. The molecule has 1 aromatic carbocycles. The molecule has 2 heteroatoms. The molecular formula is C11H15NO. The fourth-order valence-electron chi connectivity index (χ4n) is 1.86. The molecule has 1 aliphatic heterocycles. The summed E-state index contributed by atoms with van der Waals surface area (Å²) in [6, 6.07) is 10.1. The van der Waals surface area contributed by atoms with Crippen LogP contribution in [0.2, 0.25) is 0 Å². The average Bonchev–Trinajstić information content (AvgIpc) is 2.71. The summed E-state index contributed by atoms with van der Waals surface area (Å²) in [7, 11) is 0. The van der Waals surface area contributed by atoms with E-state index in [1.54, 1.807) is 0 Å². The number of nitrogens with one attached hydrogen (secondary N) is 1. The molecule has 0 aromatic heterocycles. The van der Waals surface area contributed by atoms with Crippen LogP contribution in [0.1, 0.15) is 24.5 Å². The monoisotopic (exact) mass is 177 g/mol. The van der Waals surface area contributed by atoms with Crippen LogP contribution in [0.4, 0.5) is 0 Å². The van der Waals surface area contributed by atoms with E-state index in [0.29, 0.717) is 0 Å². The van der Waals surface area contributed by atoms with Gasteiger partial charge < -0.3 is 10.4 Å². The minimum atomic E-state index is -0.344. The van der Waals surface area contributed by atoms with Gasteiger partial charge in [-0.3, -0.25) is 0 Å². The molecule has 1 fully saturated rings. The summed E-state index contributed by atoms with van der Waals surface area (Å²) in [5, 5.41) is 13.3. The molecule has 0 aliphatic carbocycles. The van der Waals surface area contributed by atoms with Crippen LogP contribution in [0.3, 0.4) is 0 Å². The molecule has 2 nitrogen and oxygen atoms in total. The van der Waals surface area contributed by atoms with Gasteiger partial charge in [0.25, 0.3) is 0 Å². The van der Waals surface area contributed by atoms with Gasteiger partial charge in [-0.2, -0.15) is 0 Å². The van der Waals surface area contributed by atoms with Gasteiger partial charge in [-0.25, -0.2) is 0 Å². The first-order valence-corrected chi connectivity index (χ1v) is 4.84. The summed E-state index contributed by atoms with van der Waals surface area (Å²) in [6.45, 7) is 1.04. The molecule has 1 aliphatic rings. The van der Waals surface area contributed by atoms with E-state index in [0.717, 1.165) is 18.5 Å². The van der Waals surface area contributed by atoms with Gasteiger partial charge >= 0.3 is 0 Å². The smallest absolute Gasteiger partial charge is 0.0942 e. The van der Waals surface area contributed by atoms with Crippen molar-refractivity contribution in [3.05, 3.63) is 35.9 Å². The summed E-state index contributed by atoms with van der Waals surface area (Å²) in [6.07, 6.45) is 1.91. The van der Waals surface area contributed by atoms with E-state index in [-0.39, 0.29) is 12.1 Å². The largest absolute Gasteiger partial charge is 0.387 e. The molecule has 1 aromatic rings. The zero-order valence-electron chi connectivity index (χ0n) is 7.61. The molecule has 2 atom stereocenters. The third-order valence-corrected chi connectivity index (χ3v) is 2.62. The van der Waals surface area contributed by atoms with Crippen LogP contribution in [0, 0.1) is 0 Å². The number of benzene rings is 1. The highest BCUT2D eigenvalue weighted by atomic mass is 16.3. The summed E-state index contributed by atoms with van der Waals surface area (Å²) in [4.78, 5) is 0. The van der Waals surface area contributed by atoms with Crippen molar-refractivity contribution in [2.45, 2.75) is 25.0 Å². The molecule has 0 unspecified atom stereocenters. The lowest BCUT2D eigenvalue weighted by molar-refractivity contribution is 0.137. The Balaban J connectivity index is 2.08. The zero-order valence-corrected chi connectivity index (χ0v) is 7.61. The Morgan fingerprint density at radius 1 is 1.31 bits per heavy atom. The van der Waals surface area contributed by atoms with Crippen LogP contribution < -0.4 is 5.32 Å². The highest BCUT2D eigenvalue weighted by molar-refractivity contribution is 5.19. The van der Waals surface area contributed by atoms with Crippen molar-refractivity contribution in [1.82, 2.24) is 5.32 Å². The second-order valence-electron chi connectivity index (χ2n) is 3.56. The normalized spacial score (nSPS) is 24.5. The van der Waals surface area contributed by atoms with Gasteiger partial charge in [0.1, 0.15) is 0 Å². The molecule has 0 saturated carbocycles. The molecule has 70 valence electrons. The van der Waals surface area contributed by atoms with Crippen molar-refractivity contribution in [2.75, 3.05) is 6.54 Å². The molecule has 1 saturated heterocycles. The van der Waals surface area contributed by atoms with Gasteiger partial charge in [-0.05, 0) is 24.9 Å². The fourth-order valence-corrected chi connectivity index (χ4v) is 1.86. The van der Waals surface area contributed by atoms with Gasteiger partial charge in [-0.1, -0.05) is 30.3 Å². The second-order valence-corrected chi connectivity index (χ2v) is 3.56. The molecule has 2 rings (SSSR count). The molecule has 0 radical (unpaired) electrons. The van der Waals surface area contributed by atoms with Crippen molar-refractivity contribution in [3.8, 4) is 0 Å². The molecule has 0 amide bonds. The van der Waals surface area contributed by atoms with Gasteiger partial charge in [0.2, 0.25) is 0 Å². The molecular weight excluding hydrogens is 162 g/mol. The Morgan fingerprint density at radius 2 is 2.08 bits per heavy atom. The first-order valence-electron chi connectivity index (χ1n) is 4.84. The molecule has 2 N–H and O–H groups in total. The fraction of sp³-hybridized carbons (Fsp3) is 0.455. The van der Waals surface area contributed by atoms with Crippen LogP contribution in [0.15, 0.2) is 30.3 Å². The highest BCUT2D eigenvalue weighted by Gasteiger charge is 2.23. The van der Waals surface area contributed by atoms with E-state index in [2.05, 4.69) is 5.32 Å². The highest BCUT2D eigenvalue weighted by Crippen LogP contribution is 2.22. The van der Waals surface area contributed by atoms with Crippen LogP contribution in [-0.4, -0.2) is 17.7 Å². The van der Waals surface area contributed by atoms with E-state index in [1.165, 1.54) is 6.42 Å². The third kappa shape index (κ3) is 1.90. The van der Waals surface area contributed by atoms with E-state index < -0.39 is 0 Å². The number of hydrogen-bond donors (Lipinski definition) is 2. The molecule has 0 spiro atoms. The summed E-state index contributed by atoms with van der Waals surface area (Å²) in [5.74, 6) is 0. The third-order valence-electron chi connectivity index (χ3n) is 2.62. The number of rotatable bonds is 2. The van der Waals surface area contributed by atoms with Crippen molar-refractivity contribution < 1.29 is 5.11 Å². The van der Waals surface area contributed by atoms with Gasteiger partial charge in [0.05, 0.1) is 6.10 Å². The maximum atomic E-state index is 9.96. The maximum Gasteiger partial charge on any atom is 0.0942 e. The van der Waals surface area contributed by atoms with Crippen LogP contribution in [0.25, 0.3) is 0 Å². The Morgan fingerprint density at radius 3 is 2.69 bits per heavy atom. The van der Waals surface area contributed by atoms with Crippen LogP contribution >= 0.6 is 0 Å². The van der Waals surface area contributed by atoms with Crippen molar-refractivity contribution >= 4 is 0 Å². The first kappa shape index (κ1) is 8.73. The summed E-state index contributed by atoms with van der Waals surface area (Å²) >= 11 is 0. The average molecular weight is 177 g/mol. The lowest BCUT2D eigenvalue weighted by Gasteiger charge is -2.18. The SMILES string of the molecule is O[C@H](c1ccccc1)[C@@H]1CCCN1. The van der Waals surface area contributed by atoms with E-state index in [1.807, 2.05) is 30.3 Å². The molecule has 1 heterocycles. The second kappa shape index (κ2) is 3.90. The first-order chi connectivity index (χ1) is 6.38. The van der Waals surface area contributed by atoms with E-state index in [9.17, 15) is 5.11 Å². The van der Waals surface area contributed by atoms with E-state index >= 15 is 0 Å². The van der Waals surface area contributed by atoms with Gasteiger partial charge in [-0.15, -0.1) is 0 Å². The lowest BCUT2D eigenvalue weighted by atomic mass is 10.0. The van der Waals surface area contributed by atoms with Crippen LogP contribution in [-0.2, 0) is 0 Å². The van der Waals surface area contributed by atoms with Crippen LogP contribution in [0.5, 0.6) is 0 Å². The Hall–Kier alpha value is -0.860. The van der Waals surface area contributed by atoms with Gasteiger partial charge in [0.15, 0.2) is 0 Å². The van der Waals surface area contributed by atoms with Crippen molar-refractivity contribution in [1.29, 1.82) is 0 Å². The van der Waals surface area contributed by atoms with E-state index in [4.69, 9.17) is 0 Å². The summed E-state index contributed by atoms with van der Waals surface area (Å²) in [5.41, 5.74) is 1.02. The Labute approximate surface area is 78.6 Å². The Kier molecular flexibility index (Phi) is 2.62. The lowest BCUT2D eigenvalue weighted by Crippen LogP contribution is -2.28. The molecule has 0 bridgehead atoms. The number of aliphatic hydroxyl groups excluding tert-OH is 1. The number of hydrogen-bond acceptors (Lipinski definition) is 2. The minimum absolute atomic E-state index is 0.252. The quantitative estimate of drug-likeness (QED) is 0.717. The standard InChI is InChI=1S/C11H15NO/c13-11(10-7-4-8-12-10)9-5-2-1-3-6-9/h1-3,5-6,10-13H,4,7-8H2/t10-,11+/m0/s1. The maximum absolute atomic E-state index is 9.96. The molecule has 13 heavy (non-hydrogen) atoms. The Bertz CT molecular complexity index is 254. The van der Waals surface area contributed by atoms with Crippen molar-refractivity contribution in [2.24, 2.45) is 0 Å². The minimum Gasteiger partial charge on any atom is -0.387 e. The topological polar surface area (TPSA) is 32.3 Å². The predicted octanol–water partition coefficient (Wildman–Crippen LogP) is 1.47. The van der Waals surface area contributed by atoms with Gasteiger partial charge in [0, 0.05) is 6.04 Å². The summed E-state index contributed by atoms with van der Waals surface area (Å²) < 4.78 is 0. The zero-order chi connectivity index (χ0) is 9.10. The van der Waals surface area contributed by atoms with Crippen molar-refractivity contribution in [3.63, 3.8) is 0 Å².